The Morgan fingerprint density at radius 1 is 0.931 bits per heavy atom. The third-order valence-corrected chi connectivity index (χ3v) is 10.0. The summed E-state index contributed by atoms with van der Waals surface area (Å²) in [5.41, 5.74) is 0. The van der Waals surface area contributed by atoms with Crippen LogP contribution in [0.1, 0.15) is 22.6 Å². The Bertz CT molecular complexity index is 958. The summed E-state index contributed by atoms with van der Waals surface area (Å²) in [6, 6.07) is 7.39. The minimum atomic E-state index is -3.40. The highest BCUT2D eigenvalue weighted by Crippen LogP contribution is 2.28. The van der Waals surface area contributed by atoms with E-state index in [-0.39, 0.29) is 12.3 Å². The summed E-state index contributed by atoms with van der Waals surface area (Å²) in [7, 11) is -3.40. The van der Waals surface area contributed by atoms with Crippen LogP contribution in [0.3, 0.4) is 0 Å². The number of thiophene rings is 2. The van der Waals surface area contributed by atoms with Gasteiger partial charge in [-0.2, -0.15) is 4.31 Å². The van der Waals surface area contributed by atoms with Gasteiger partial charge in [-0.25, -0.2) is 8.42 Å². The zero-order valence-corrected chi connectivity index (χ0v) is 19.3. The lowest BCUT2D eigenvalue weighted by molar-refractivity contribution is -0.132. The first-order chi connectivity index (χ1) is 13.9. The molecule has 1 amide bonds. The zero-order valence-electron chi connectivity index (χ0n) is 16.0. The Balaban J connectivity index is 1.29. The van der Waals surface area contributed by atoms with E-state index in [1.807, 2.05) is 11.0 Å². The molecule has 0 aliphatic carbocycles. The van der Waals surface area contributed by atoms with Crippen LogP contribution in [0.4, 0.5) is 0 Å². The summed E-state index contributed by atoms with van der Waals surface area (Å²) in [5.74, 6) is 0.0655. The molecule has 0 aromatic carbocycles. The molecule has 0 unspecified atom stereocenters. The fraction of sp³-hybridized carbons (Fsp3) is 0.526. The molecule has 2 aliphatic heterocycles. The number of rotatable bonds is 6. The highest BCUT2D eigenvalue weighted by Gasteiger charge is 2.29. The molecule has 2 aromatic heterocycles. The molecule has 2 aromatic rings. The van der Waals surface area contributed by atoms with Crippen molar-refractivity contribution in [1.29, 1.82) is 0 Å². The number of carbonyl (C=O) groups is 1. The molecule has 4 rings (SSSR count). The Hall–Kier alpha value is -0.970. The van der Waals surface area contributed by atoms with Crippen LogP contribution in [0, 0.1) is 0 Å². The Morgan fingerprint density at radius 2 is 1.62 bits per heavy atom. The number of hydrogen-bond donors (Lipinski definition) is 0. The second kappa shape index (κ2) is 9.03. The number of hydrogen-bond acceptors (Lipinski definition) is 6. The lowest BCUT2D eigenvalue weighted by Gasteiger charge is -2.34. The molecule has 0 spiro atoms. The van der Waals surface area contributed by atoms with Gasteiger partial charge in [-0.05, 0) is 37.1 Å². The first-order valence-corrected chi connectivity index (χ1v) is 13.2. The SMILES string of the molecule is O=C(Cc1ccc(S(=O)(=O)N2CCCC2)s1)N1CCN(Cc2ccc(Cl)s2)CC1. The Labute approximate surface area is 184 Å². The zero-order chi connectivity index (χ0) is 20.4. The maximum atomic E-state index is 12.7. The van der Waals surface area contributed by atoms with E-state index in [2.05, 4.69) is 11.0 Å². The molecule has 2 saturated heterocycles. The molecule has 0 atom stereocenters. The molecule has 2 fully saturated rings. The molecule has 0 N–H and O–H groups in total. The van der Waals surface area contributed by atoms with E-state index >= 15 is 0 Å². The molecule has 2 aliphatic rings. The fourth-order valence-corrected chi connectivity index (χ4v) is 7.87. The molecule has 0 radical (unpaired) electrons. The maximum absolute atomic E-state index is 12.7. The van der Waals surface area contributed by atoms with Gasteiger partial charge in [0.25, 0.3) is 10.0 Å². The maximum Gasteiger partial charge on any atom is 0.252 e. The summed E-state index contributed by atoms with van der Waals surface area (Å²) < 4.78 is 28.0. The summed E-state index contributed by atoms with van der Waals surface area (Å²) in [6.07, 6.45) is 2.10. The lowest BCUT2D eigenvalue weighted by Crippen LogP contribution is -2.48. The van der Waals surface area contributed by atoms with Gasteiger partial charge in [0, 0.05) is 55.6 Å². The number of nitrogens with zero attached hydrogens (tertiary/aromatic N) is 3. The largest absolute Gasteiger partial charge is 0.340 e. The summed E-state index contributed by atoms with van der Waals surface area (Å²) in [6.45, 7) is 5.11. The first kappa shape index (κ1) is 21.3. The standard InChI is InChI=1S/C19H24ClN3O3S3/c20-17-5-3-16(27-17)14-21-9-11-22(12-10-21)18(24)13-15-4-6-19(28-15)29(25,26)23-7-1-2-8-23/h3-6H,1-2,7-14H2. The minimum Gasteiger partial charge on any atom is -0.340 e. The monoisotopic (exact) mass is 473 g/mol. The van der Waals surface area contributed by atoms with Gasteiger partial charge < -0.3 is 4.90 Å². The van der Waals surface area contributed by atoms with Crippen molar-refractivity contribution in [3.8, 4) is 0 Å². The number of sulfonamides is 1. The van der Waals surface area contributed by atoms with E-state index in [0.29, 0.717) is 30.4 Å². The van der Waals surface area contributed by atoms with Gasteiger partial charge in [0.05, 0.1) is 10.8 Å². The number of piperazine rings is 1. The van der Waals surface area contributed by atoms with Crippen LogP contribution < -0.4 is 0 Å². The van der Waals surface area contributed by atoms with Crippen molar-refractivity contribution in [3.05, 3.63) is 38.4 Å². The van der Waals surface area contributed by atoms with Gasteiger partial charge in [-0.3, -0.25) is 9.69 Å². The number of amides is 1. The number of halogens is 1. The van der Waals surface area contributed by atoms with Crippen molar-refractivity contribution in [2.45, 2.75) is 30.0 Å². The first-order valence-electron chi connectivity index (χ1n) is 9.75. The minimum absolute atomic E-state index is 0.0655. The van der Waals surface area contributed by atoms with Crippen LogP contribution in [-0.4, -0.2) is 67.7 Å². The smallest absolute Gasteiger partial charge is 0.252 e. The lowest BCUT2D eigenvalue weighted by atomic mass is 10.2. The average molecular weight is 474 g/mol. The molecular formula is C19H24ClN3O3S3. The molecule has 6 nitrogen and oxygen atoms in total. The topological polar surface area (TPSA) is 60.9 Å². The third-order valence-electron chi connectivity index (χ3n) is 5.35. The van der Waals surface area contributed by atoms with Crippen molar-refractivity contribution in [1.82, 2.24) is 14.1 Å². The fourth-order valence-electron chi connectivity index (χ4n) is 3.72. The van der Waals surface area contributed by atoms with E-state index in [9.17, 15) is 13.2 Å². The third kappa shape index (κ3) is 5.03. The predicted molar refractivity (Wildman–Crippen MR) is 117 cm³/mol. The highest BCUT2D eigenvalue weighted by molar-refractivity contribution is 7.91. The van der Waals surface area contributed by atoms with Crippen LogP contribution in [0.5, 0.6) is 0 Å². The van der Waals surface area contributed by atoms with E-state index in [0.717, 1.165) is 41.7 Å². The molecule has 10 heteroatoms. The van der Waals surface area contributed by atoms with Crippen molar-refractivity contribution in [2.24, 2.45) is 0 Å². The quantitative estimate of drug-likeness (QED) is 0.646. The van der Waals surface area contributed by atoms with E-state index in [1.165, 1.54) is 16.2 Å². The van der Waals surface area contributed by atoms with Crippen molar-refractivity contribution >= 4 is 50.2 Å². The summed E-state index contributed by atoms with van der Waals surface area (Å²) in [5, 5.41) is 0. The van der Waals surface area contributed by atoms with Gasteiger partial charge in [0.2, 0.25) is 5.91 Å². The van der Waals surface area contributed by atoms with Crippen LogP contribution in [0.25, 0.3) is 0 Å². The van der Waals surface area contributed by atoms with E-state index < -0.39 is 10.0 Å². The van der Waals surface area contributed by atoms with Crippen LogP contribution in [0.2, 0.25) is 4.34 Å². The van der Waals surface area contributed by atoms with Crippen LogP contribution >= 0.6 is 34.3 Å². The van der Waals surface area contributed by atoms with Gasteiger partial charge in [-0.1, -0.05) is 11.6 Å². The second-order valence-corrected chi connectivity index (χ2v) is 12.5. The number of carbonyl (C=O) groups excluding carboxylic acids is 1. The molecule has 0 saturated carbocycles. The Morgan fingerprint density at radius 3 is 2.28 bits per heavy atom. The molecule has 29 heavy (non-hydrogen) atoms. The summed E-state index contributed by atoms with van der Waals surface area (Å²) in [4.78, 5) is 18.9. The molecule has 158 valence electrons. The molecular weight excluding hydrogens is 450 g/mol. The summed E-state index contributed by atoms with van der Waals surface area (Å²) >= 11 is 8.81. The van der Waals surface area contributed by atoms with Crippen molar-refractivity contribution < 1.29 is 13.2 Å². The molecule has 4 heterocycles. The van der Waals surface area contributed by atoms with E-state index in [4.69, 9.17) is 11.6 Å². The Kier molecular flexibility index (Phi) is 6.62. The van der Waals surface area contributed by atoms with Crippen LogP contribution in [0.15, 0.2) is 28.5 Å². The van der Waals surface area contributed by atoms with E-state index in [1.54, 1.807) is 27.8 Å². The highest BCUT2D eigenvalue weighted by atomic mass is 35.5. The predicted octanol–water partition coefficient (Wildman–Crippen LogP) is 3.13. The van der Waals surface area contributed by atoms with Gasteiger partial charge in [0.1, 0.15) is 4.21 Å². The van der Waals surface area contributed by atoms with Crippen molar-refractivity contribution in [2.75, 3.05) is 39.3 Å². The van der Waals surface area contributed by atoms with Gasteiger partial charge >= 0.3 is 0 Å². The van der Waals surface area contributed by atoms with Crippen LogP contribution in [-0.2, 0) is 27.8 Å². The van der Waals surface area contributed by atoms with Gasteiger partial charge in [0.15, 0.2) is 0 Å². The van der Waals surface area contributed by atoms with Gasteiger partial charge in [-0.15, -0.1) is 22.7 Å². The molecule has 0 bridgehead atoms. The normalized spacial score (nSPS) is 19.1. The van der Waals surface area contributed by atoms with Crippen molar-refractivity contribution in [3.63, 3.8) is 0 Å². The second-order valence-electron chi connectivity index (χ2n) is 7.37. The average Bonchev–Trinajstić information content (AvgIpc) is 3.44.